The molecule has 33 heavy (non-hydrogen) atoms. The molecular formula is C25H48O6S2. The lowest BCUT2D eigenvalue weighted by molar-refractivity contribution is -0.0155. The topological polar surface area (TPSA) is 55.4 Å². The first-order valence-corrected chi connectivity index (χ1v) is 13.6. The summed E-state index contributed by atoms with van der Waals surface area (Å²) in [6.07, 6.45) is 1.25. The van der Waals surface area contributed by atoms with Crippen LogP contribution >= 0.6 is 24.4 Å². The molecule has 0 heterocycles. The fraction of sp³-hybridized carbons (Fsp3) is 0.760. The van der Waals surface area contributed by atoms with Gasteiger partial charge in [-0.1, -0.05) is 34.1 Å². The van der Waals surface area contributed by atoms with Gasteiger partial charge in [0.05, 0.1) is 72.7 Å². The van der Waals surface area contributed by atoms with Gasteiger partial charge in [-0.2, -0.15) is 0 Å². The quantitative estimate of drug-likeness (QED) is 0.139. The van der Waals surface area contributed by atoms with Gasteiger partial charge in [0.2, 0.25) is 0 Å². The Morgan fingerprint density at radius 1 is 0.576 bits per heavy atom. The molecule has 0 unspecified atom stereocenters. The summed E-state index contributed by atoms with van der Waals surface area (Å²) in [5.41, 5.74) is 0. The van der Waals surface area contributed by atoms with Gasteiger partial charge in [-0.25, -0.2) is 0 Å². The molecule has 0 fully saturated rings. The lowest BCUT2D eigenvalue weighted by Crippen LogP contribution is -2.14. The highest BCUT2D eigenvalue weighted by molar-refractivity contribution is 7.99. The van der Waals surface area contributed by atoms with Crippen molar-refractivity contribution in [3.63, 3.8) is 0 Å². The highest BCUT2D eigenvalue weighted by Gasteiger charge is 1.96. The van der Waals surface area contributed by atoms with Crippen LogP contribution < -0.4 is 0 Å². The van der Waals surface area contributed by atoms with Gasteiger partial charge >= 0.3 is 0 Å². The van der Waals surface area contributed by atoms with Gasteiger partial charge in [-0.3, -0.25) is 0 Å². The third-order valence-electron chi connectivity index (χ3n) is 3.40. The predicted octanol–water partition coefficient (Wildman–Crippen LogP) is 5.63. The molecule has 1 aromatic carbocycles. The average molecular weight is 509 g/mol. The minimum Gasteiger partial charge on any atom is -0.379 e. The number of thioether (sulfide) groups is 1. The van der Waals surface area contributed by atoms with Crippen molar-refractivity contribution in [1.29, 1.82) is 0 Å². The number of hydrogen-bond acceptors (Lipinski definition) is 8. The van der Waals surface area contributed by atoms with Crippen molar-refractivity contribution in [2.24, 2.45) is 0 Å². The molecule has 0 radical (unpaired) electrons. The van der Waals surface area contributed by atoms with Crippen LogP contribution in [0, 0.1) is 0 Å². The number of benzene rings is 1. The van der Waals surface area contributed by atoms with Crippen LogP contribution in [-0.2, 0) is 28.4 Å². The van der Waals surface area contributed by atoms with E-state index in [1.807, 2.05) is 32.9 Å². The van der Waals surface area contributed by atoms with E-state index in [0.29, 0.717) is 72.7 Å². The van der Waals surface area contributed by atoms with E-state index in [1.165, 1.54) is 11.3 Å². The first kappa shape index (κ1) is 34.8. The van der Waals surface area contributed by atoms with Crippen molar-refractivity contribution in [3.8, 4) is 0 Å². The van der Waals surface area contributed by atoms with E-state index in [2.05, 4.69) is 38.6 Å². The number of rotatable bonds is 20. The maximum Gasteiger partial charge on any atom is 0.0701 e. The molecule has 0 amide bonds. The Hall–Kier alpha value is -0.320. The second kappa shape index (κ2) is 31.7. The fourth-order valence-electron chi connectivity index (χ4n) is 2.00. The monoisotopic (exact) mass is 508 g/mol. The zero-order valence-corrected chi connectivity index (χ0v) is 23.2. The van der Waals surface area contributed by atoms with E-state index in [0.717, 1.165) is 17.3 Å². The zero-order valence-electron chi connectivity index (χ0n) is 21.5. The molecular weight excluding hydrogens is 460 g/mol. The van der Waals surface area contributed by atoms with Gasteiger partial charge < -0.3 is 28.4 Å². The van der Waals surface area contributed by atoms with E-state index in [-0.39, 0.29) is 0 Å². The summed E-state index contributed by atoms with van der Waals surface area (Å²) >= 11 is 6.05. The normalized spacial score (nSPS) is 10.2. The van der Waals surface area contributed by atoms with Crippen LogP contribution in [0.15, 0.2) is 34.1 Å². The Balaban J connectivity index is 0. The van der Waals surface area contributed by atoms with Gasteiger partial charge in [0, 0.05) is 22.2 Å². The molecule has 1 rings (SSSR count). The van der Waals surface area contributed by atoms with Crippen LogP contribution in [-0.4, -0.2) is 85.0 Å². The maximum atomic E-state index is 5.55. The van der Waals surface area contributed by atoms with Crippen LogP contribution in [0.3, 0.4) is 0 Å². The highest BCUT2D eigenvalue weighted by Crippen LogP contribution is 2.19. The smallest absolute Gasteiger partial charge is 0.0701 e. The average Bonchev–Trinajstić information content (AvgIpc) is 2.83. The number of thiol groups is 1. The highest BCUT2D eigenvalue weighted by atomic mass is 32.2. The summed E-state index contributed by atoms with van der Waals surface area (Å²) < 4.78 is 32.4. The summed E-state index contributed by atoms with van der Waals surface area (Å²) in [6.45, 7) is 17.5. The lowest BCUT2D eigenvalue weighted by Gasteiger charge is -2.08. The molecule has 0 spiro atoms. The van der Waals surface area contributed by atoms with Crippen molar-refractivity contribution in [3.05, 3.63) is 24.3 Å². The molecule has 0 N–H and O–H groups in total. The molecule has 0 aliphatic rings. The SMILES string of the molecule is CC.CCC.CCOCCOCCOCCOCCOCCOCCSc1ccc(S)cc1. The van der Waals surface area contributed by atoms with Gasteiger partial charge in [0.25, 0.3) is 0 Å². The van der Waals surface area contributed by atoms with Gasteiger partial charge in [0.1, 0.15) is 0 Å². The van der Waals surface area contributed by atoms with Crippen LogP contribution in [0.2, 0.25) is 0 Å². The van der Waals surface area contributed by atoms with Crippen molar-refractivity contribution < 1.29 is 28.4 Å². The Morgan fingerprint density at radius 2 is 0.909 bits per heavy atom. The molecule has 0 saturated carbocycles. The van der Waals surface area contributed by atoms with Crippen LogP contribution in [0.1, 0.15) is 41.0 Å². The minimum absolute atomic E-state index is 0.560. The Kier molecular flexibility index (Phi) is 33.5. The second-order valence-corrected chi connectivity index (χ2v) is 7.99. The maximum absolute atomic E-state index is 5.55. The van der Waals surface area contributed by atoms with Crippen molar-refractivity contribution >= 4 is 24.4 Å². The van der Waals surface area contributed by atoms with Gasteiger partial charge in [-0.05, 0) is 31.2 Å². The zero-order chi connectivity index (χ0) is 24.8. The number of hydrogen-bond donors (Lipinski definition) is 1. The Morgan fingerprint density at radius 3 is 1.27 bits per heavy atom. The molecule has 0 bridgehead atoms. The first-order valence-electron chi connectivity index (χ1n) is 12.1. The summed E-state index contributed by atoms with van der Waals surface area (Å²) in [5.74, 6) is 0.923. The van der Waals surface area contributed by atoms with E-state index >= 15 is 0 Å². The molecule has 0 atom stereocenters. The van der Waals surface area contributed by atoms with E-state index in [1.54, 1.807) is 11.8 Å². The lowest BCUT2D eigenvalue weighted by atomic mass is 10.4. The van der Waals surface area contributed by atoms with E-state index in [9.17, 15) is 0 Å². The predicted molar refractivity (Wildman–Crippen MR) is 142 cm³/mol. The molecule has 8 heteroatoms. The summed E-state index contributed by atoms with van der Waals surface area (Å²) in [5, 5.41) is 0. The Labute approximate surface area is 212 Å². The summed E-state index contributed by atoms with van der Waals surface area (Å²) in [4.78, 5) is 2.21. The summed E-state index contributed by atoms with van der Waals surface area (Å²) in [7, 11) is 0. The van der Waals surface area contributed by atoms with Crippen molar-refractivity contribution in [2.75, 3.05) is 85.0 Å². The Bertz CT molecular complexity index is 463. The second-order valence-electron chi connectivity index (χ2n) is 6.31. The molecule has 0 saturated heterocycles. The van der Waals surface area contributed by atoms with E-state index in [4.69, 9.17) is 28.4 Å². The fourth-order valence-corrected chi connectivity index (χ4v) is 2.92. The molecule has 0 aliphatic heterocycles. The van der Waals surface area contributed by atoms with Crippen LogP contribution in [0.4, 0.5) is 0 Å². The van der Waals surface area contributed by atoms with Crippen molar-refractivity contribution in [2.45, 2.75) is 50.8 Å². The van der Waals surface area contributed by atoms with Crippen molar-refractivity contribution in [1.82, 2.24) is 0 Å². The molecule has 0 aliphatic carbocycles. The number of ether oxygens (including phenoxy) is 6. The van der Waals surface area contributed by atoms with Gasteiger partial charge in [0.15, 0.2) is 0 Å². The van der Waals surface area contributed by atoms with Crippen LogP contribution in [0.5, 0.6) is 0 Å². The largest absolute Gasteiger partial charge is 0.379 e. The summed E-state index contributed by atoms with van der Waals surface area (Å²) in [6, 6.07) is 8.13. The standard InChI is InChI=1S/C20H34O6S2.C3H8.C2H6/c1-2-21-7-8-22-9-10-23-11-12-24-13-14-25-15-16-26-17-18-28-20-5-3-19(27)4-6-20;1-3-2;1-2/h3-6,27H,2,7-18H2,1H3;3H2,1-2H3;1-2H3. The molecule has 0 aromatic heterocycles. The van der Waals surface area contributed by atoms with E-state index < -0.39 is 0 Å². The minimum atomic E-state index is 0.560. The molecule has 196 valence electrons. The first-order chi connectivity index (χ1) is 16.2. The third kappa shape index (κ3) is 29.6. The third-order valence-corrected chi connectivity index (χ3v) is 4.67. The molecule has 1 aromatic rings. The van der Waals surface area contributed by atoms with Gasteiger partial charge in [-0.15, -0.1) is 24.4 Å². The molecule has 6 nitrogen and oxygen atoms in total. The van der Waals surface area contributed by atoms with Crippen LogP contribution in [0.25, 0.3) is 0 Å².